The zero-order valence-electron chi connectivity index (χ0n) is 13.8. The maximum atomic E-state index is 12.0. The number of pyridine rings is 1. The number of hydrogen-bond acceptors (Lipinski definition) is 4. The molecular weight excluding hydrogens is 280 g/mol. The van der Waals surface area contributed by atoms with Crippen molar-refractivity contribution in [1.82, 2.24) is 20.5 Å². The van der Waals surface area contributed by atoms with E-state index in [0.717, 1.165) is 19.4 Å². The van der Waals surface area contributed by atoms with Crippen molar-refractivity contribution in [2.24, 2.45) is 0 Å². The Morgan fingerprint density at radius 1 is 1.23 bits per heavy atom. The molecule has 1 rings (SSSR count). The van der Waals surface area contributed by atoms with Crippen molar-refractivity contribution in [3.05, 3.63) is 29.6 Å². The Morgan fingerprint density at radius 3 is 2.45 bits per heavy atom. The third-order valence-electron chi connectivity index (χ3n) is 3.32. The number of hydrogen-bond donors (Lipinski definition) is 2. The average molecular weight is 306 g/mol. The third kappa shape index (κ3) is 6.22. The zero-order chi connectivity index (χ0) is 16.5. The van der Waals surface area contributed by atoms with Crippen LogP contribution in [0.5, 0.6) is 0 Å². The molecule has 1 aromatic rings. The minimum atomic E-state index is -0.205. The van der Waals surface area contributed by atoms with Gasteiger partial charge in [-0.05, 0) is 46.5 Å². The van der Waals surface area contributed by atoms with Gasteiger partial charge in [0, 0.05) is 25.0 Å². The van der Waals surface area contributed by atoms with E-state index in [1.165, 1.54) is 12.4 Å². The van der Waals surface area contributed by atoms with Crippen LogP contribution < -0.4 is 10.6 Å². The van der Waals surface area contributed by atoms with Crippen LogP contribution in [0.25, 0.3) is 0 Å². The Kier molecular flexibility index (Phi) is 7.52. The lowest BCUT2D eigenvalue weighted by atomic mass is 10.1. The molecule has 22 heavy (non-hydrogen) atoms. The smallest absolute Gasteiger partial charge is 0.253 e. The van der Waals surface area contributed by atoms with Crippen LogP contribution >= 0.6 is 0 Å². The van der Waals surface area contributed by atoms with E-state index in [1.807, 2.05) is 27.9 Å². The lowest BCUT2D eigenvalue weighted by molar-refractivity contribution is 0.0939. The molecule has 6 nitrogen and oxygen atoms in total. The molecular formula is C16H26N4O2. The molecule has 0 aliphatic heterocycles. The second kappa shape index (κ2) is 9.15. The fraction of sp³-hybridized carbons (Fsp3) is 0.562. The first-order valence-electron chi connectivity index (χ1n) is 7.62. The minimum absolute atomic E-state index is 0.0935. The van der Waals surface area contributed by atoms with Gasteiger partial charge in [0.2, 0.25) is 0 Å². The number of carbonyl (C=O) groups is 2. The van der Waals surface area contributed by atoms with Gasteiger partial charge in [-0.2, -0.15) is 0 Å². The van der Waals surface area contributed by atoms with Gasteiger partial charge in [0.15, 0.2) is 0 Å². The number of nitrogens with one attached hydrogen (secondary N) is 2. The van der Waals surface area contributed by atoms with Crippen LogP contribution in [0.3, 0.4) is 0 Å². The van der Waals surface area contributed by atoms with Crippen molar-refractivity contribution in [1.29, 1.82) is 0 Å². The molecule has 0 aromatic carbocycles. The fourth-order valence-electron chi connectivity index (χ4n) is 1.80. The molecule has 0 bridgehead atoms. The topological polar surface area (TPSA) is 74.3 Å². The number of amides is 2. The van der Waals surface area contributed by atoms with Crippen molar-refractivity contribution >= 4 is 11.8 Å². The molecule has 0 aliphatic rings. The van der Waals surface area contributed by atoms with Gasteiger partial charge in [0.1, 0.15) is 0 Å². The lowest BCUT2D eigenvalue weighted by Gasteiger charge is -2.12. The molecule has 1 heterocycles. The molecule has 0 fully saturated rings. The highest BCUT2D eigenvalue weighted by Gasteiger charge is 2.12. The van der Waals surface area contributed by atoms with Gasteiger partial charge in [-0.15, -0.1) is 0 Å². The van der Waals surface area contributed by atoms with Crippen LogP contribution in [0.1, 0.15) is 47.4 Å². The van der Waals surface area contributed by atoms with Crippen molar-refractivity contribution in [3.8, 4) is 0 Å². The summed E-state index contributed by atoms with van der Waals surface area (Å²) in [7, 11) is 3.98. The van der Waals surface area contributed by atoms with E-state index in [2.05, 4.69) is 20.5 Å². The quantitative estimate of drug-likeness (QED) is 0.710. The summed E-state index contributed by atoms with van der Waals surface area (Å²) in [5.74, 6) is -0.409. The molecule has 122 valence electrons. The zero-order valence-corrected chi connectivity index (χ0v) is 13.8. The Morgan fingerprint density at radius 2 is 1.86 bits per heavy atom. The summed E-state index contributed by atoms with van der Waals surface area (Å²) in [6.45, 7) is 5.45. The molecule has 0 saturated heterocycles. The predicted octanol–water partition coefficient (Wildman–Crippen LogP) is 1.29. The highest BCUT2D eigenvalue weighted by Crippen LogP contribution is 2.04. The van der Waals surface area contributed by atoms with Gasteiger partial charge < -0.3 is 15.5 Å². The Labute approximate surface area is 132 Å². The standard InChI is InChI=1S/C16H26N4O2/c1-5-12(2)19-16(22)14-9-13(10-17-11-14)15(21)18-7-6-8-20(3)4/h9-12H,5-8H2,1-4H3,(H,18,21)(H,19,22). The normalized spacial score (nSPS) is 12.0. The molecule has 0 radical (unpaired) electrons. The Bertz CT molecular complexity index is 503. The summed E-state index contributed by atoms with van der Waals surface area (Å²) in [5.41, 5.74) is 0.808. The molecule has 6 heteroatoms. The van der Waals surface area contributed by atoms with Gasteiger partial charge in [-0.3, -0.25) is 14.6 Å². The molecule has 2 amide bonds. The van der Waals surface area contributed by atoms with E-state index in [9.17, 15) is 9.59 Å². The molecule has 1 unspecified atom stereocenters. The van der Waals surface area contributed by atoms with Crippen molar-refractivity contribution in [2.45, 2.75) is 32.7 Å². The van der Waals surface area contributed by atoms with Crippen LogP contribution in [0.4, 0.5) is 0 Å². The Hall–Kier alpha value is -1.95. The number of carbonyl (C=O) groups excluding carboxylic acids is 2. The maximum absolute atomic E-state index is 12.0. The highest BCUT2D eigenvalue weighted by molar-refractivity contribution is 5.99. The van der Waals surface area contributed by atoms with Crippen LogP contribution in [-0.4, -0.2) is 54.9 Å². The minimum Gasteiger partial charge on any atom is -0.352 e. The monoisotopic (exact) mass is 306 g/mol. The van der Waals surface area contributed by atoms with Crippen molar-refractivity contribution in [2.75, 3.05) is 27.2 Å². The third-order valence-corrected chi connectivity index (χ3v) is 3.32. The maximum Gasteiger partial charge on any atom is 0.253 e. The molecule has 0 spiro atoms. The van der Waals surface area contributed by atoms with E-state index in [1.54, 1.807) is 6.07 Å². The first-order chi connectivity index (χ1) is 10.4. The summed E-state index contributed by atoms with van der Waals surface area (Å²) in [6, 6.07) is 1.67. The highest BCUT2D eigenvalue weighted by atomic mass is 16.2. The summed E-state index contributed by atoms with van der Waals surface area (Å²) < 4.78 is 0. The lowest BCUT2D eigenvalue weighted by Crippen LogP contribution is -2.32. The first kappa shape index (κ1) is 18.1. The molecule has 2 N–H and O–H groups in total. The molecule has 0 aliphatic carbocycles. The summed E-state index contributed by atoms with van der Waals surface area (Å²) in [6.07, 6.45) is 4.67. The van der Waals surface area contributed by atoms with Crippen LogP contribution in [0.15, 0.2) is 18.5 Å². The second-order valence-electron chi connectivity index (χ2n) is 5.66. The van der Waals surface area contributed by atoms with E-state index in [0.29, 0.717) is 17.7 Å². The average Bonchev–Trinajstić information content (AvgIpc) is 2.51. The summed E-state index contributed by atoms with van der Waals surface area (Å²) in [4.78, 5) is 30.1. The molecule has 1 atom stereocenters. The fourth-order valence-corrected chi connectivity index (χ4v) is 1.80. The molecule has 1 aromatic heterocycles. The number of aromatic nitrogens is 1. The first-order valence-corrected chi connectivity index (χ1v) is 7.62. The van der Waals surface area contributed by atoms with Gasteiger partial charge in [0.05, 0.1) is 11.1 Å². The van der Waals surface area contributed by atoms with Gasteiger partial charge in [-0.1, -0.05) is 6.92 Å². The van der Waals surface area contributed by atoms with Gasteiger partial charge >= 0.3 is 0 Å². The SMILES string of the molecule is CCC(C)NC(=O)c1cncc(C(=O)NCCCN(C)C)c1. The summed E-state index contributed by atoms with van der Waals surface area (Å²) in [5, 5.41) is 5.70. The van der Waals surface area contributed by atoms with Crippen LogP contribution in [0, 0.1) is 0 Å². The Balaban J connectivity index is 2.59. The van der Waals surface area contributed by atoms with E-state index in [-0.39, 0.29) is 17.9 Å². The number of rotatable bonds is 8. The number of nitrogens with zero attached hydrogens (tertiary/aromatic N) is 2. The van der Waals surface area contributed by atoms with E-state index < -0.39 is 0 Å². The summed E-state index contributed by atoms with van der Waals surface area (Å²) >= 11 is 0. The van der Waals surface area contributed by atoms with E-state index >= 15 is 0 Å². The van der Waals surface area contributed by atoms with Crippen molar-refractivity contribution < 1.29 is 9.59 Å². The largest absolute Gasteiger partial charge is 0.352 e. The van der Waals surface area contributed by atoms with Gasteiger partial charge in [0.25, 0.3) is 11.8 Å². The van der Waals surface area contributed by atoms with E-state index in [4.69, 9.17) is 0 Å². The van der Waals surface area contributed by atoms with Gasteiger partial charge in [-0.25, -0.2) is 0 Å². The second-order valence-corrected chi connectivity index (χ2v) is 5.66. The van der Waals surface area contributed by atoms with Crippen molar-refractivity contribution in [3.63, 3.8) is 0 Å². The predicted molar refractivity (Wildman–Crippen MR) is 87.0 cm³/mol. The molecule has 0 saturated carbocycles. The van der Waals surface area contributed by atoms with Crippen LogP contribution in [-0.2, 0) is 0 Å². The van der Waals surface area contributed by atoms with Crippen LogP contribution in [0.2, 0.25) is 0 Å².